The zero-order valence-electron chi connectivity index (χ0n) is 6.70. The van der Waals surface area contributed by atoms with Crippen LogP contribution in [0.15, 0.2) is 11.1 Å². The number of carbonyl (C=O) groups excluding carboxylic acids is 1. The Balaban J connectivity index is 2.91. The molecule has 0 spiro atoms. The van der Waals surface area contributed by atoms with E-state index in [0.717, 1.165) is 11.5 Å². The van der Waals surface area contributed by atoms with Crippen LogP contribution < -0.4 is 5.56 Å². The number of rotatable bonds is 1. The summed E-state index contributed by atoms with van der Waals surface area (Å²) in [4.78, 5) is 28.9. The van der Waals surface area contributed by atoms with Crippen LogP contribution in [0.1, 0.15) is 16.6 Å². The molecule has 0 fully saturated rings. The minimum Gasteiger partial charge on any atom is -0.311 e. The van der Waals surface area contributed by atoms with Crippen LogP contribution in [0, 0.1) is 0 Å². The molecule has 0 aliphatic rings. The number of hydrogen-bond donors (Lipinski definition) is 1. The van der Waals surface area contributed by atoms with E-state index in [9.17, 15) is 9.59 Å². The van der Waals surface area contributed by atoms with E-state index in [1.165, 1.54) is 13.3 Å². The third-order valence-corrected chi connectivity index (χ3v) is 2.53. The molecule has 0 saturated heterocycles. The van der Waals surface area contributed by atoms with Crippen LogP contribution in [0.25, 0.3) is 11.0 Å². The fourth-order valence-electron chi connectivity index (χ4n) is 1.01. The zero-order valence-corrected chi connectivity index (χ0v) is 7.51. The summed E-state index contributed by atoms with van der Waals surface area (Å²) < 4.78 is 3.85. The van der Waals surface area contributed by atoms with Crippen molar-refractivity contribution in [3.63, 3.8) is 0 Å². The largest absolute Gasteiger partial charge is 0.311 e. The lowest BCUT2D eigenvalue weighted by atomic mass is 10.3. The Bertz CT molecular complexity index is 528. The summed E-state index contributed by atoms with van der Waals surface area (Å²) >= 11 is 1.00. The van der Waals surface area contributed by atoms with Crippen LogP contribution >= 0.6 is 11.5 Å². The van der Waals surface area contributed by atoms with Crippen molar-refractivity contribution in [2.45, 2.75) is 6.92 Å². The first-order valence-corrected chi connectivity index (χ1v) is 4.31. The molecular formula is C7H5N3O2S. The van der Waals surface area contributed by atoms with E-state index < -0.39 is 0 Å². The second kappa shape index (κ2) is 2.74. The van der Waals surface area contributed by atoms with Crippen LogP contribution in [-0.4, -0.2) is 20.1 Å². The first kappa shape index (κ1) is 8.06. The van der Waals surface area contributed by atoms with Crippen molar-refractivity contribution >= 4 is 28.3 Å². The van der Waals surface area contributed by atoms with Crippen LogP contribution in [0.3, 0.4) is 0 Å². The highest BCUT2D eigenvalue weighted by Gasteiger charge is 2.12. The van der Waals surface area contributed by atoms with E-state index in [1.807, 2.05) is 0 Å². The van der Waals surface area contributed by atoms with Gasteiger partial charge < -0.3 is 4.98 Å². The minimum absolute atomic E-state index is 0.120. The van der Waals surface area contributed by atoms with Gasteiger partial charge >= 0.3 is 0 Å². The van der Waals surface area contributed by atoms with E-state index >= 15 is 0 Å². The van der Waals surface area contributed by atoms with Crippen molar-refractivity contribution in [1.29, 1.82) is 0 Å². The van der Waals surface area contributed by atoms with E-state index in [4.69, 9.17) is 0 Å². The predicted octanol–water partition coefficient (Wildman–Crippen LogP) is 0.582. The standard InChI is InChI=1S/C7H5N3O2S/c1-3(11)6-4-5(10-13-6)7(12)9-2-8-4/h2H,1H3,(H,8,9,12). The van der Waals surface area contributed by atoms with Gasteiger partial charge in [-0.1, -0.05) is 0 Å². The molecular weight excluding hydrogens is 190 g/mol. The molecule has 66 valence electrons. The number of aromatic nitrogens is 3. The molecule has 13 heavy (non-hydrogen) atoms. The fraction of sp³-hybridized carbons (Fsp3) is 0.143. The van der Waals surface area contributed by atoms with Gasteiger partial charge in [0.15, 0.2) is 11.3 Å². The van der Waals surface area contributed by atoms with Crippen molar-refractivity contribution in [2.24, 2.45) is 0 Å². The summed E-state index contributed by atoms with van der Waals surface area (Å²) in [6, 6.07) is 0. The number of nitrogens with one attached hydrogen (secondary N) is 1. The van der Waals surface area contributed by atoms with E-state index in [-0.39, 0.29) is 16.9 Å². The van der Waals surface area contributed by atoms with Gasteiger partial charge in [-0.05, 0) is 11.5 Å². The van der Waals surface area contributed by atoms with Crippen molar-refractivity contribution in [2.75, 3.05) is 0 Å². The van der Waals surface area contributed by atoms with Gasteiger partial charge in [-0.2, -0.15) is 4.37 Å². The predicted molar refractivity (Wildman–Crippen MR) is 48.0 cm³/mol. The van der Waals surface area contributed by atoms with Gasteiger partial charge in [0.2, 0.25) is 0 Å². The topological polar surface area (TPSA) is 75.7 Å². The van der Waals surface area contributed by atoms with E-state index in [1.54, 1.807) is 0 Å². The van der Waals surface area contributed by atoms with Gasteiger partial charge in [0.25, 0.3) is 5.56 Å². The molecule has 1 N–H and O–H groups in total. The quantitative estimate of drug-likeness (QED) is 0.675. The minimum atomic E-state index is -0.311. The smallest absolute Gasteiger partial charge is 0.278 e. The highest BCUT2D eigenvalue weighted by molar-refractivity contribution is 7.09. The number of nitrogens with zero attached hydrogens (tertiary/aromatic N) is 2. The molecule has 2 rings (SSSR count). The van der Waals surface area contributed by atoms with Gasteiger partial charge in [0, 0.05) is 6.92 Å². The third kappa shape index (κ3) is 1.15. The lowest BCUT2D eigenvalue weighted by molar-refractivity contribution is 0.102. The van der Waals surface area contributed by atoms with Gasteiger partial charge in [0.05, 0.1) is 6.33 Å². The molecule has 0 radical (unpaired) electrons. The summed E-state index contributed by atoms with van der Waals surface area (Å²) in [7, 11) is 0. The highest BCUT2D eigenvalue weighted by atomic mass is 32.1. The van der Waals surface area contributed by atoms with Crippen molar-refractivity contribution < 1.29 is 4.79 Å². The summed E-state index contributed by atoms with van der Waals surface area (Å²) in [5.74, 6) is -0.120. The van der Waals surface area contributed by atoms with Crippen molar-refractivity contribution in [1.82, 2.24) is 14.3 Å². The second-order valence-electron chi connectivity index (χ2n) is 2.50. The maximum Gasteiger partial charge on any atom is 0.278 e. The lowest BCUT2D eigenvalue weighted by Gasteiger charge is -1.87. The zero-order chi connectivity index (χ0) is 9.42. The second-order valence-corrected chi connectivity index (χ2v) is 3.27. The van der Waals surface area contributed by atoms with Crippen LogP contribution in [0.5, 0.6) is 0 Å². The average molecular weight is 195 g/mol. The summed E-state index contributed by atoms with van der Waals surface area (Å²) in [6.45, 7) is 1.43. The fourth-order valence-corrected chi connectivity index (χ4v) is 1.73. The monoisotopic (exact) mass is 195 g/mol. The number of aromatic amines is 1. The number of Topliss-reactive ketones (excluding diaryl/α,β-unsaturated/α-hetero) is 1. The first-order valence-electron chi connectivity index (χ1n) is 3.54. The number of ketones is 1. The van der Waals surface area contributed by atoms with E-state index in [0.29, 0.717) is 10.4 Å². The van der Waals surface area contributed by atoms with Crippen molar-refractivity contribution in [3.05, 3.63) is 21.6 Å². The Labute approximate surface area is 76.6 Å². The van der Waals surface area contributed by atoms with Gasteiger partial charge in [-0.15, -0.1) is 0 Å². The summed E-state index contributed by atoms with van der Waals surface area (Å²) in [6.07, 6.45) is 1.27. The first-order chi connectivity index (χ1) is 6.20. The Kier molecular flexibility index (Phi) is 1.70. The maximum absolute atomic E-state index is 11.2. The normalized spacial score (nSPS) is 10.5. The number of fused-ring (bicyclic) bond motifs is 1. The average Bonchev–Trinajstić information content (AvgIpc) is 2.48. The molecule has 2 aromatic rings. The molecule has 0 saturated carbocycles. The Morgan fingerprint density at radius 1 is 1.54 bits per heavy atom. The van der Waals surface area contributed by atoms with Crippen LogP contribution in [-0.2, 0) is 0 Å². The molecule has 0 atom stereocenters. The lowest BCUT2D eigenvalue weighted by Crippen LogP contribution is -2.06. The highest BCUT2D eigenvalue weighted by Crippen LogP contribution is 2.16. The Morgan fingerprint density at radius 2 is 2.31 bits per heavy atom. The number of H-pyrrole nitrogens is 1. The molecule has 0 aliphatic heterocycles. The van der Waals surface area contributed by atoms with Crippen LogP contribution in [0.2, 0.25) is 0 Å². The number of carbonyl (C=O) groups is 1. The van der Waals surface area contributed by atoms with Gasteiger partial charge in [-0.3, -0.25) is 9.59 Å². The molecule has 5 nitrogen and oxygen atoms in total. The third-order valence-electron chi connectivity index (χ3n) is 1.59. The molecule has 0 aromatic carbocycles. The number of hydrogen-bond acceptors (Lipinski definition) is 5. The molecule has 2 aromatic heterocycles. The molecule has 0 amide bonds. The molecule has 6 heteroatoms. The van der Waals surface area contributed by atoms with Crippen LogP contribution in [0.4, 0.5) is 0 Å². The molecule has 0 aliphatic carbocycles. The SMILES string of the molecule is CC(=O)c1snc2c(=O)[nH]cnc12. The Hall–Kier alpha value is -1.56. The molecule has 2 heterocycles. The Morgan fingerprint density at radius 3 is 3.00 bits per heavy atom. The maximum atomic E-state index is 11.2. The summed E-state index contributed by atoms with van der Waals surface area (Å²) in [5.41, 5.74) is 0.313. The van der Waals surface area contributed by atoms with Gasteiger partial charge in [-0.25, -0.2) is 4.98 Å². The van der Waals surface area contributed by atoms with Crippen molar-refractivity contribution in [3.8, 4) is 0 Å². The van der Waals surface area contributed by atoms with Gasteiger partial charge in [0.1, 0.15) is 10.4 Å². The summed E-state index contributed by atoms with van der Waals surface area (Å²) in [5, 5.41) is 0. The molecule has 0 unspecified atom stereocenters. The van der Waals surface area contributed by atoms with E-state index in [2.05, 4.69) is 14.3 Å². The molecule has 0 bridgehead atoms.